The van der Waals surface area contributed by atoms with Crippen molar-refractivity contribution in [3.05, 3.63) is 331 Å². The average molecular weight is 1820 g/mol. The van der Waals surface area contributed by atoms with Gasteiger partial charge in [-0.3, -0.25) is 19.2 Å². The second-order valence-electron chi connectivity index (χ2n) is 38.9. The molecule has 4 atom stereocenters. The Morgan fingerprint density at radius 2 is 0.478 bits per heavy atom. The zero-order valence-corrected chi connectivity index (χ0v) is 79.7. The molecular formula is C114H120F4O16. The molecule has 0 radical (unpaired) electrons. The van der Waals surface area contributed by atoms with Gasteiger partial charge in [-0.05, 0) is 304 Å². The van der Waals surface area contributed by atoms with Crippen molar-refractivity contribution < 1.29 is 94.3 Å². The number of ether oxygens (including phenoxy) is 10. The molecule has 16 rings (SSSR count). The van der Waals surface area contributed by atoms with Crippen LogP contribution in [-0.2, 0) is 102 Å². The largest absolute Gasteiger partial charge is 0.497 e. The summed E-state index contributed by atoms with van der Waals surface area (Å²) in [5.74, 6) is 3.28. The smallest absolute Gasteiger partial charge is 0.306 e. The van der Waals surface area contributed by atoms with E-state index in [-0.39, 0.29) is 93.4 Å². The van der Waals surface area contributed by atoms with Gasteiger partial charge in [0.15, 0.2) is 0 Å². The maximum Gasteiger partial charge on any atom is 0.306 e. The van der Waals surface area contributed by atoms with Gasteiger partial charge in [-0.25, -0.2) is 17.6 Å². The molecule has 16 nitrogen and oxygen atoms in total. The highest BCUT2D eigenvalue weighted by Crippen LogP contribution is 2.48. The fourth-order valence-corrected chi connectivity index (χ4v) is 17.8. The maximum atomic E-state index is 14.7. The Hall–Kier alpha value is -13.4. The van der Waals surface area contributed by atoms with Crippen molar-refractivity contribution in [2.45, 2.75) is 206 Å². The van der Waals surface area contributed by atoms with E-state index in [4.69, 9.17) is 57.6 Å². The maximum absolute atomic E-state index is 14.7. The first kappa shape index (κ1) is 98.2. The van der Waals surface area contributed by atoms with Gasteiger partial charge in [-0.1, -0.05) is 180 Å². The van der Waals surface area contributed by atoms with E-state index >= 15 is 0 Å². The third-order valence-corrected chi connectivity index (χ3v) is 25.3. The van der Waals surface area contributed by atoms with E-state index in [1.807, 2.05) is 121 Å². The lowest BCUT2D eigenvalue weighted by Gasteiger charge is -2.29. The molecule has 0 bridgehead atoms. The fraction of sp³-hybridized carbons (Fsp3) is 0.333. The lowest BCUT2D eigenvalue weighted by Crippen LogP contribution is -2.20. The van der Waals surface area contributed by atoms with Crippen molar-refractivity contribution in [2.75, 3.05) is 42.7 Å². The van der Waals surface area contributed by atoms with Crippen molar-refractivity contribution >= 4 is 23.9 Å². The number of rotatable bonds is 28. The van der Waals surface area contributed by atoms with Gasteiger partial charge in [0, 0.05) is 22.3 Å². The molecule has 4 aliphatic carbocycles. The molecule has 20 heteroatoms. The minimum atomic E-state index is -0.766. The van der Waals surface area contributed by atoms with Crippen molar-refractivity contribution in [1.29, 1.82) is 0 Å². The number of hydrogen-bond acceptors (Lipinski definition) is 14. The lowest BCUT2D eigenvalue weighted by molar-refractivity contribution is -0.142. The molecule has 12 aromatic carbocycles. The molecule has 0 amide bonds. The second-order valence-corrected chi connectivity index (χ2v) is 38.9. The molecule has 0 saturated heterocycles. The minimum Gasteiger partial charge on any atom is -0.497 e. The molecule has 0 aliphatic heterocycles. The summed E-state index contributed by atoms with van der Waals surface area (Å²) in [6, 6.07) is 67.1. The van der Waals surface area contributed by atoms with Crippen LogP contribution < -0.4 is 37.9 Å². The Bertz CT molecular complexity index is 5940. The summed E-state index contributed by atoms with van der Waals surface area (Å²) >= 11 is 0. The molecular weight excluding hydrogens is 1700 g/mol. The monoisotopic (exact) mass is 1820 g/mol. The molecule has 0 heterocycles. The van der Waals surface area contributed by atoms with E-state index in [0.29, 0.717) is 84.5 Å². The highest BCUT2D eigenvalue weighted by Gasteiger charge is 2.35. The molecule has 12 aromatic rings. The van der Waals surface area contributed by atoms with Crippen LogP contribution >= 0.6 is 0 Å². The van der Waals surface area contributed by atoms with Crippen LogP contribution in [0.4, 0.5) is 17.6 Å². The normalized spacial score (nSPS) is 14.8. The Morgan fingerprint density at radius 3 is 0.664 bits per heavy atom. The molecule has 4 aliphatic rings. The minimum absolute atomic E-state index is 0.102. The molecule has 0 saturated carbocycles. The number of carboxylic acid groups (broad SMARTS) is 2. The van der Waals surface area contributed by atoms with E-state index < -0.39 is 11.9 Å². The third-order valence-electron chi connectivity index (χ3n) is 25.3. The van der Waals surface area contributed by atoms with Crippen LogP contribution in [0.3, 0.4) is 0 Å². The summed E-state index contributed by atoms with van der Waals surface area (Å²) in [4.78, 5) is 45.0. The van der Waals surface area contributed by atoms with Gasteiger partial charge in [-0.2, -0.15) is 0 Å². The average Bonchev–Trinajstić information content (AvgIpc) is 0.779. The van der Waals surface area contributed by atoms with Crippen LogP contribution in [0.15, 0.2) is 218 Å². The van der Waals surface area contributed by atoms with E-state index in [0.717, 1.165) is 138 Å². The van der Waals surface area contributed by atoms with Gasteiger partial charge in [0.05, 0.1) is 68.3 Å². The predicted molar refractivity (Wildman–Crippen MR) is 515 cm³/mol. The summed E-state index contributed by atoms with van der Waals surface area (Å²) < 4.78 is 114. The zero-order chi connectivity index (χ0) is 96.4. The fourth-order valence-electron chi connectivity index (χ4n) is 17.8. The molecule has 0 aromatic heterocycles. The number of carbonyl (C=O) groups excluding carboxylic acids is 2. The van der Waals surface area contributed by atoms with Gasteiger partial charge in [0.2, 0.25) is 0 Å². The number of halogens is 4. The molecule has 700 valence electrons. The van der Waals surface area contributed by atoms with Gasteiger partial charge >= 0.3 is 23.9 Å². The van der Waals surface area contributed by atoms with Crippen LogP contribution in [-0.4, -0.2) is 76.7 Å². The number of carboxylic acids is 2. The summed E-state index contributed by atoms with van der Waals surface area (Å²) in [6.07, 6.45) is 4.43. The van der Waals surface area contributed by atoms with Crippen molar-refractivity contribution in [2.24, 2.45) is 0 Å². The van der Waals surface area contributed by atoms with E-state index in [9.17, 15) is 36.7 Å². The van der Waals surface area contributed by atoms with E-state index in [1.165, 1.54) is 60.7 Å². The summed E-state index contributed by atoms with van der Waals surface area (Å²) in [5, 5.41) is 18.0. The first-order chi connectivity index (χ1) is 63.7. The second kappa shape index (κ2) is 41.8. The Kier molecular flexibility index (Phi) is 30.6. The standard InChI is InChI=1S/2C29H31FO4.2C28H29FO4/c2*1-29(2,3)26-12-18(6-9-24(26)25-16-21(32-4)8-11-27(25)30)17-34-22-7-10-23-19(14-22)13-20(23)15-28(31)33-5;2*1-28(2,3)25-11-17(5-8-23(25)24-15-20(32-4)7-10-26(24)29)16-33-21-6-9-22-18(13-21)12-19(22)14-27(30)31/h2*6-12,14,16,20H,13,15,17H2,1-5H3;2*5-11,13,15,19H,12,14,16H2,1-4H3,(H,30,31)/t2*20-;2*19-/m1010/s1. The molecule has 2 N–H and O–H groups in total. The molecule has 0 unspecified atom stereocenters. The van der Waals surface area contributed by atoms with Crippen LogP contribution in [0.5, 0.6) is 46.0 Å². The number of benzene rings is 12. The van der Waals surface area contributed by atoms with Gasteiger partial charge < -0.3 is 57.6 Å². The Morgan fingerprint density at radius 1 is 0.269 bits per heavy atom. The molecule has 134 heavy (non-hydrogen) atoms. The topological polar surface area (TPSA) is 201 Å². The number of methoxy groups -OCH3 is 6. The summed E-state index contributed by atoms with van der Waals surface area (Å²) in [5.41, 5.74) is 22.2. The van der Waals surface area contributed by atoms with Gasteiger partial charge in [0.25, 0.3) is 0 Å². The quantitative estimate of drug-likeness (QED) is 0.0346. The van der Waals surface area contributed by atoms with Gasteiger partial charge in [-0.15, -0.1) is 0 Å². The summed E-state index contributed by atoms with van der Waals surface area (Å²) in [7, 11) is 9.15. The number of carbonyl (C=O) groups is 4. The highest BCUT2D eigenvalue weighted by molar-refractivity contribution is 5.77. The van der Waals surface area contributed by atoms with Crippen LogP contribution in [0, 0.1) is 23.3 Å². The van der Waals surface area contributed by atoms with Crippen LogP contribution in [0.1, 0.15) is 221 Å². The number of hydrogen-bond donors (Lipinski definition) is 2. The van der Waals surface area contributed by atoms with Gasteiger partial charge in [0.1, 0.15) is 95.7 Å². The highest BCUT2D eigenvalue weighted by atomic mass is 19.1. The van der Waals surface area contributed by atoms with Crippen molar-refractivity contribution in [3.63, 3.8) is 0 Å². The lowest BCUT2D eigenvalue weighted by atomic mass is 9.76. The summed E-state index contributed by atoms with van der Waals surface area (Å²) in [6.45, 7) is 27.0. The molecule has 0 spiro atoms. The van der Waals surface area contributed by atoms with Crippen molar-refractivity contribution in [3.8, 4) is 90.5 Å². The van der Waals surface area contributed by atoms with E-state index in [2.05, 4.69) is 107 Å². The zero-order valence-electron chi connectivity index (χ0n) is 79.7. The van der Waals surface area contributed by atoms with Crippen LogP contribution in [0.2, 0.25) is 0 Å². The predicted octanol–water partition coefficient (Wildman–Crippen LogP) is 26.1. The number of esters is 2. The first-order valence-corrected chi connectivity index (χ1v) is 45.2. The Balaban J connectivity index is 0.000000152. The third kappa shape index (κ3) is 23.8. The molecule has 0 fully saturated rings. The van der Waals surface area contributed by atoms with E-state index in [1.54, 1.807) is 77.0 Å². The number of fused-ring (bicyclic) bond motifs is 4. The van der Waals surface area contributed by atoms with Crippen molar-refractivity contribution in [1.82, 2.24) is 0 Å². The Labute approximate surface area is 783 Å². The van der Waals surface area contributed by atoms with Crippen LogP contribution in [0.25, 0.3) is 44.5 Å². The number of aliphatic carboxylic acids is 2. The SMILES string of the molecule is COC(=O)C[C@@H]1Cc2cc(OCc3ccc(-c4cc(OC)ccc4F)c(C(C)(C)C)c3)ccc21.COC(=O)C[C@H]1Cc2cc(OCc3ccc(-c4cc(OC)ccc4F)c(C(C)(C)C)c3)ccc21.COc1ccc(F)c(-c2ccc(COc3ccc4c(c3)C[C@@H]4CC(=O)O)cc2C(C)(C)C)c1.COc1ccc(F)c(-c2ccc(COc3ccc4c(c3)C[C@H]4CC(=O)O)cc2C(C)(C)C)c1. The first-order valence-electron chi connectivity index (χ1n) is 45.2.